The Bertz CT molecular complexity index is 992. The normalized spacial score (nSPS) is 14.7. The van der Waals surface area contributed by atoms with Gasteiger partial charge in [-0.05, 0) is 43.2 Å². The van der Waals surface area contributed by atoms with Crippen molar-refractivity contribution >= 4 is 34.7 Å². The lowest BCUT2D eigenvalue weighted by atomic mass is 10.1. The van der Waals surface area contributed by atoms with Gasteiger partial charge in [0.05, 0.1) is 0 Å². The van der Waals surface area contributed by atoms with Crippen LogP contribution in [0.5, 0.6) is 0 Å². The Kier molecular flexibility index (Phi) is 6.33. The number of nitrogens with one attached hydrogen (secondary N) is 1. The van der Waals surface area contributed by atoms with E-state index < -0.39 is 0 Å². The van der Waals surface area contributed by atoms with Gasteiger partial charge in [-0.25, -0.2) is 4.98 Å². The molecular weight excluding hydrogens is 398 g/mol. The molecule has 0 bridgehead atoms. The number of anilines is 1. The van der Waals surface area contributed by atoms with Crippen molar-refractivity contribution in [2.75, 3.05) is 29.9 Å². The Morgan fingerprint density at radius 1 is 1.10 bits per heavy atom. The van der Waals surface area contributed by atoms with Crippen LogP contribution in [0.4, 0.5) is 5.69 Å². The van der Waals surface area contributed by atoms with Gasteiger partial charge in [0.1, 0.15) is 5.01 Å². The third-order valence-corrected chi connectivity index (χ3v) is 7.02. The van der Waals surface area contributed by atoms with E-state index in [-0.39, 0.29) is 5.91 Å². The fourth-order valence-electron chi connectivity index (χ4n) is 3.36. The van der Waals surface area contributed by atoms with Crippen LogP contribution in [0.1, 0.15) is 27.2 Å². The highest BCUT2D eigenvalue weighted by molar-refractivity contribution is 7.99. The monoisotopic (exact) mass is 423 g/mol. The summed E-state index contributed by atoms with van der Waals surface area (Å²) in [4.78, 5) is 19.8. The number of amides is 1. The van der Waals surface area contributed by atoms with E-state index in [9.17, 15) is 4.79 Å². The largest absolute Gasteiger partial charge is 0.322 e. The molecule has 4 nitrogen and oxygen atoms in total. The Morgan fingerprint density at radius 2 is 1.86 bits per heavy atom. The van der Waals surface area contributed by atoms with Crippen LogP contribution in [0, 0.1) is 13.8 Å². The second kappa shape index (κ2) is 9.11. The SMILES string of the molecule is Cc1csc(-c2ccc(C(=O)Nc3cc(CN4CCSCC4)ccc3C)cc2)n1. The molecule has 1 aliphatic rings. The van der Waals surface area contributed by atoms with Crippen LogP contribution < -0.4 is 5.32 Å². The molecule has 2 heterocycles. The van der Waals surface area contributed by atoms with Gasteiger partial charge in [-0.2, -0.15) is 11.8 Å². The smallest absolute Gasteiger partial charge is 0.255 e. The van der Waals surface area contributed by atoms with Crippen molar-refractivity contribution < 1.29 is 4.79 Å². The number of aromatic nitrogens is 1. The average Bonchev–Trinajstić information content (AvgIpc) is 3.18. The summed E-state index contributed by atoms with van der Waals surface area (Å²) in [6, 6.07) is 14.0. The number of nitrogens with zero attached hydrogens (tertiary/aromatic N) is 2. The molecule has 29 heavy (non-hydrogen) atoms. The van der Waals surface area contributed by atoms with Gasteiger partial charge in [-0.3, -0.25) is 9.69 Å². The number of thioether (sulfide) groups is 1. The molecule has 4 rings (SSSR count). The molecule has 2 aromatic carbocycles. The van der Waals surface area contributed by atoms with Crippen molar-refractivity contribution in [1.29, 1.82) is 0 Å². The summed E-state index contributed by atoms with van der Waals surface area (Å²) in [5.41, 5.74) is 5.92. The fraction of sp³-hybridized carbons (Fsp3) is 0.304. The maximum Gasteiger partial charge on any atom is 0.255 e. The molecule has 0 spiro atoms. The molecule has 0 radical (unpaired) electrons. The van der Waals surface area contributed by atoms with E-state index in [4.69, 9.17) is 0 Å². The molecular formula is C23H25N3OS2. The van der Waals surface area contributed by atoms with E-state index in [1.54, 1.807) is 11.3 Å². The number of rotatable bonds is 5. The van der Waals surface area contributed by atoms with E-state index >= 15 is 0 Å². The summed E-state index contributed by atoms with van der Waals surface area (Å²) < 4.78 is 0. The quantitative estimate of drug-likeness (QED) is 0.610. The molecule has 0 aliphatic carbocycles. The van der Waals surface area contributed by atoms with Gasteiger partial charge in [0.15, 0.2) is 0 Å². The van der Waals surface area contributed by atoms with Gasteiger partial charge in [-0.15, -0.1) is 11.3 Å². The third kappa shape index (κ3) is 5.07. The minimum Gasteiger partial charge on any atom is -0.322 e. The Balaban J connectivity index is 1.45. The number of aryl methyl sites for hydroxylation is 2. The topological polar surface area (TPSA) is 45.2 Å². The summed E-state index contributed by atoms with van der Waals surface area (Å²) in [5.74, 6) is 2.32. The number of carbonyl (C=O) groups is 1. The molecule has 0 unspecified atom stereocenters. The zero-order valence-electron chi connectivity index (χ0n) is 16.8. The molecule has 1 fully saturated rings. The first-order valence-electron chi connectivity index (χ1n) is 9.82. The van der Waals surface area contributed by atoms with E-state index in [0.29, 0.717) is 5.56 Å². The van der Waals surface area contributed by atoms with Crippen molar-refractivity contribution in [1.82, 2.24) is 9.88 Å². The van der Waals surface area contributed by atoms with E-state index in [2.05, 4.69) is 33.4 Å². The fourth-order valence-corrected chi connectivity index (χ4v) is 5.15. The number of hydrogen-bond acceptors (Lipinski definition) is 5. The number of carbonyl (C=O) groups excluding carboxylic acids is 1. The number of thiazole rings is 1. The van der Waals surface area contributed by atoms with E-state index in [0.717, 1.165) is 47.2 Å². The van der Waals surface area contributed by atoms with E-state index in [1.807, 2.05) is 55.3 Å². The average molecular weight is 424 g/mol. The zero-order valence-corrected chi connectivity index (χ0v) is 18.4. The highest BCUT2D eigenvalue weighted by Gasteiger charge is 2.13. The lowest BCUT2D eigenvalue weighted by molar-refractivity contribution is 0.102. The van der Waals surface area contributed by atoms with Crippen LogP contribution in [-0.4, -0.2) is 40.4 Å². The highest BCUT2D eigenvalue weighted by atomic mass is 32.2. The maximum absolute atomic E-state index is 12.8. The summed E-state index contributed by atoms with van der Waals surface area (Å²) in [5, 5.41) is 6.11. The van der Waals surface area contributed by atoms with Gasteiger partial charge < -0.3 is 5.32 Å². The summed E-state index contributed by atoms with van der Waals surface area (Å²) in [6.45, 7) is 7.22. The van der Waals surface area contributed by atoms with Gasteiger partial charge >= 0.3 is 0 Å². The third-order valence-electron chi connectivity index (χ3n) is 5.07. The lowest BCUT2D eigenvalue weighted by Gasteiger charge is -2.26. The second-order valence-corrected chi connectivity index (χ2v) is 9.45. The molecule has 150 valence electrons. The number of hydrogen-bond donors (Lipinski definition) is 1. The summed E-state index contributed by atoms with van der Waals surface area (Å²) in [7, 11) is 0. The Morgan fingerprint density at radius 3 is 2.55 bits per heavy atom. The molecule has 1 N–H and O–H groups in total. The highest BCUT2D eigenvalue weighted by Crippen LogP contribution is 2.25. The van der Waals surface area contributed by atoms with Gasteiger partial charge in [0.25, 0.3) is 5.91 Å². The second-order valence-electron chi connectivity index (χ2n) is 7.36. The molecule has 1 saturated heterocycles. The van der Waals surface area contributed by atoms with Crippen molar-refractivity contribution in [3.63, 3.8) is 0 Å². The van der Waals surface area contributed by atoms with Crippen molar-refractivity contribution in [2.24, 2.45) is 0 Å². The van der Waals surface area contributed by atoms with Crippen LogP contribution in [0.15, 0.2) is 47.8 Å². The van der Waals surface area contributed by atoms with Crippen LogP contribution in [0.3, 0.4) is 0 Å². The minimum absolute atomic E-state index is 0.0820. The van der Waals surface area contributed by atoms with Crippen molar-refractivity contribution in [3.05, 3.63) is 70.2 Å². The summed E-state index contributed by atoms with van der Waals surface area (Å²) >= 11 is 3.64. The van der Waals surface area contributed by atoms with Crippen LogP contribution in [0.2, 0.25) is 0 Å². The predicted octanol–water partition coefficient (Wildman–Crippen LogP) is 5.23. The molecule has 0 saturated carbocycles. The van der Waals surface area contributed by atoms with Gasteiger partial charge in [0, 0.05) is 59.0 Å². The van der Waals surface area contributed by atoms with Crippen LogP contribution in [-0.2, 0) is 6.54 Å². The molecule has 1 aromatic heterocycles. The molecule has 3 aromatic rings. The summed E-state index contributed by atoms with van der Waals surface area (Å²) in [6.07, 6.45) is 0. The van der Waals surface area contributed by atoms with Crippen molar-refractivity contribution in [3.8, 4) is 10.6 Å². The standard InChI is InChI=1S/C23H25N3OS2/c1-16-3-4-18(14-26-9-11-28-12-10-26)13-21(16)25-22(27)19-5-7-20(8-6-19)23-24-17(2)15-29-23/h3-8,13,15H,9-12,14H2,1-2H3,(H,25,27). The molecule has 0 atom stereocenters. The first-order valence-corrected chi connectivity index (χ1v) is 11.9. The minimum atomic E-state index is -0.0820. The predicted molar refractivity (Wildman–Crippen MR) is 124 cm³/mol. The Labute approximate surface area is 180 Å². The lowest BCUT2D eigenvalue weighted by Crippen LogP contribution is -2.32. The maximum atomic E-state index is 12.8. The zero-order chi connectivity index (χ0) is 20.2. The van der Waals surface area contributed by atoms with Crippen LogP contribution in [0.25, 0.3) is 10.6 Å². The molecule has 6 heteroatoms. The van der Waals surface area contributed by atoms with Crippen LogP contribution >= 0.6 is 23.1 Å². The Hall–Kier alpha value is -2.15. The first kappa shape index (κ1) is 20.1. The van der Waals surface area contributed by atoms with E-state index in [1.165, 1.54) is 17.1 Å². The van der Waals surface area contributed by atoms with Gasteiger partial charge in [0.2, 0.25) is 0 Å². The number of benzene rings is 2. The van der Waals surface area contributed by atoms with Crippen molar-refractivity contribution in [2.45, 2.75) is 20.4 Å². The molecule has 1 amide bonds. The molecule has 1 aliphatic heterocycles. The first-order chi connectivity index (χ1) is 14.1. The van der Waals surface area contributed by atoms with Gasteiger partial charge in [-0.1, -0.05) is 24.3 Å².